The number of rotatable bonds is 5. The first kappa shape index (κ1) is 22.8. The van der Waals surface area contributed by atoms with Crippen LogP contribution in [0.4, 0.5) is 0 Å². The van der Waals surface area contributed by atoms with Gasteiger partial charge in [-0.15, -0.1) is 0 Å². The number of aromatic nitrogens is 2. The third-order valence-corrected chi connectivity index (χ3v) is 7.32. The summed E-state index contributed by atoms with van der Waals surface area (Å²) in [6, 6.07) is 21.5. The first-order valence-corrected chi connectivity index (χ1v) is 12.7. The summed E-state index contributed by atoms with van der Waals surface area (Å²) in [4.78, 5) is 21.4. The Kier molecular flexibility index (Phi) is 6.26. The van der Waals surface area contributed by atoms with E-state index in [4.69, 9.17) is 4.98 Å². The Morgan fingerprint density at radius 3 is 2.56 bits per heavy atom. The van der Waals surface area contributed by atoms with Crippen LogP contribution in [0.5, 0.6) is 0 Å². The molecule has 34 heavy (non-hydrogen) atoms. The van der Waals surface area contributed by atoms with Gasteiger partial charge in [0.05, 0.1) is 10.9 Å². The molecule has 5 rings (SSSR count). The van der Waals surface area contributed by atoms with E-state index in [1.165, 1.54) is 23.6 Å². The molecule has 0 spiro atoms. The van der Waals surface area contributed by atoms with Crippen LogP contribution >= 0.6 is 0 Å². The van der Waals surface area contributed by atoms with Crippen LogP contribution in [0.1, 0.15) is 52.3 Å². The average Bonchev–Trinajstić information content (AvgIpc) is 2.85. The van der Waals surface area contributed by atoms with E-state index in [9.17, 15) is 4.79 Å². The van der Waals surface area contributed by atoms with Gasteiger partial charge in [-0.1, -0.05) is 62.4 Å². The van der Waals surface area contributed by atoms with E-state index in [0.29, 0.717) is 17.3 Å². The maximum atomic E-state index is 13.9. The number of hydrogen-bond donors (Lipinski definition) is 0. The molecule has 176 valence electrons. The minimum Gasteiger partial charge on any atom is -0.301 e. The van der Waals surface area contributed by atoms with Crippen molar-refractivity contribution in [3.05, 3.63) is 76.8 Å². The van der Waals surface area contributed by atoms with Gasteiger partial charge in [0.25, 0.3) is 5.56 Å². The Hall–Kier alpha value is -2.98. The molecule has 0 bridgehead atoms. The second-order valence-corrected chi connectivity index (χ2v) is 10.4. The fraction of sp³-hybridized carbons (Fsp3) is 0.400. The summed E-state index contributed by atoms with van der Waals surface area (Å²) in [6.07, 6.45) is 2.36. The number of fused-ring (bicyclic) bond motifs is 2. The van der Waals surface area contributed by atoms with E-state index in [-0.39, 0.29) is 11.5 Å². The van der Waals surface area contributed by atoms with Crippen LogP contribution in [0.15, 0.2) is 65.5 Å². The number of hydrogen-bond acceptors (Lipinski definition) is 3. The number of benzene rings is 3. The molecule has 1 aliphatic heterocycles. The molecule has 0 N–H and O–H groups in total. The van der Waals surface area contributed by atoms with Crippen molar-refractivity contribution in [1.82, 2.24) is 14.5 Å². The molecule has 1 saturated heterocycles. The number of piperidine rings is 1. The SMILES string of the molecule is CC(C)c1nc2ccc(-c3cccc4ccccc34)cc2c(=O)n1C[C@H]1CCCN(C(C)C)C1. The van der Waals surface area contributed by atoms with Crippen molar-refractivity contribution >= 4 is 21.7 Å². The maximum absolute atomic E-state index is 13.9. The summed E-state index contributed by atoms with van der Waals surface area (Å²) < 4.78 is 1.98. The van der Waals surface area contributed by atoms with Crippen LogP contribution in [-0.4, -0.2) is 33.6 Å². The number of nitrogens with zero attached hydrogens (tertiary/aromatic N) is 3. The zero-order valence-corrected chi connectivity index (χ0v) is 20.8. The molecule has 1 aromatic heterocycles. The van der Waals surface area contributed by atoms with Gasteiger partial charge in [-0.2, -0.15) is 0 Å². The predicted molar refractivity (Wildman–Crippen MR) is 142 cm³/mol. The van der Waals surface area contributed by atoms with Crippen LogP contribution in [0.3, 0.4) is 0 Å². The van der Waals surface area contributed by atoms with Gasteiger partial charge < -0.3 is 4.90 Å². The highest BCUT2D eigenvalue weighted by atomic mass is 16.1. The number of likely N-dealkylation sites (tertiary alicyclic amines) is 1. The third kappa shape index (κ3) is 4.27. The van der Waals surface area contributed by atoms with E-state index in [0.717, 1.165) is 42.1 Å². The van der Waals surface area contributed by atoms with Gasteiger partial charge in [0.2, 0.25) is 0 Å². The second-order valence-electron chi connectivity index (χ2n) is 10.4. The predicted octanol–water partition coefficient (Wildman–Crippen LogP) is 6.46. The molecule has 4 aromatic rings. The van der Waals surface area contributed by atoms with Crippen molar-refractivity contribution in [1.29, 1.82) is 0 Å². The van der Waals surface area contributed by atoms with E-state index in [1.807, 2.05) is 16.7 Å². The van der Waals surface area contributed by atoms with E-state index in [1.54, 1.807) is 0 Å². The van der Waals surface area contributed by atoms with Crippen molar-refractivity contribution in [3.63, 3.8) is 0 Å². The summed E-state index contributed by atoms with van der Waals surface area (Å²) >= 11 is 0. The molecule has 3 aromatic carbocycles. The van der Waals surface area contributed by atoms with E-state index >= 15 is 0 Å². The Balaban J connectivity index is 1.60. The van der Waals surface area contributed by atoms with Crippen LogP contribution < -0.4 is 5.56 Å². The Labute approximate surface area is 202 Å². The average molecular weight is 454 g/mol. The third-order valence-electron chi connectivity index (χ3n) is 7.32. The molecule has 1 fully saturated rings. The van der Waals surface area contributed by atoms with Crippen LogP contribution in [0.2, 0.25) is 0 Å². The first-order valence-electron chi connectivity index (χ1n) is 12.7. The summed E-state index contributed by atoms with van der Waals surface area (Å²) in [7, 11) is 0. The fourth-order valence-electron chi connectivity index (χ4n) is 5.47. The zero-order valence-electron chi connectivity index (χ0n) is 20.8. The van der Waals surface area contributed by atoms with Gasteiger partial charge in [0.15, 0.2) is 0 Å². The molecule has 4 nitrogen and oxygen atoms in total. The van der Waals surface area contributed by atoms with E-state index < -0.39 is 0 Å². The Morgan fingerprint density at radius 2 is 1.76 bits per heavy atom. The highest BCUT2D eigenvalue weighted by molar-refractivity contribution is 5.98. The van der Waals surface area contributed by atoms with Crippen molar-refractivity contribution in [2.75, 3.05) is 13.1 Å². The molecule has 4 heteroatoms. The van der Waals surface area contributed by atoms with Crippen molar-refractivity contribution < 1.29 is 0 Å². The largest absolute Gasteiger partial charge is 0.301 e. The minimum atomic E-state index is 0.0949. The van der Waals surface area contributed by atoms with Crippen molar-refractivity contribution in [3.8, 4) is 11.1 Å². The summed E-state index contributed by atoms with van der Waals surface area (Å²) in [5.74, 6) is 1.57. The quantitative estimate of drug-likeness (QED) is 0.348. The van der Waals surface area contributed by atoms with Crippen molar-refractivity contribution in [2.24, 2.45) is 5.92 Å². The molecular weight excluding hydrogens is 418 g/mol. The fourth-order valence-corrected chi connectivity index (χ4v) is 5.47. The first-order chi connectivity index (χ1) is 16.4. The Morgan fingerprint density at radius 1 is 0.971 bits per heavy atom. The molecule has 2 heterocycles. The maximum Gasteiger partial charge on any atom is 0.261 e. The lowest BCUT2D eigenvalue weighted by Crippen LogP contribution is -2.42. The zero-order chi connectivity index (χ0) is 23.8. The molecule has 1 aliphatic rings. The molecular formula is C30H35N3O. The van der Waals surface area contributed by atoms with Crippen molar-refractivity contribution in [2.45, 2.75) is 59.0 Å². The lowest BCUT2D eigenvalue weighted by molar-refractivity contribution is 0.129. The summed E-state index contributed by atoms with van der Waals surface area (Å²) in [5, 5.41) is 3.12. The summed E-state index contributed by atoms with van der Waals surface area (Å²) in [5.41, 5.74) is 3.10. The van der Waals surface area contributed by atoms with Crippen LogP contribution in [-0.2, 0) is 6.54 Å². The second kappa shape index (κ2) is 9.34. The lowest BCUT2D eigenvalue weighted by atomic mass is 9.96. The normalized spacial score (nSPS) is 17.3. The highest BCUT2D eigenvalue weighted by Crippen LogP contribution is 2.30. The minimum absolute atomic E-state index is 0.0949. The van der Waals surface area contributed by atoms with Gasteiger partial charge in [-0.3, -0.25) is 9.36 Å². The molecule has 1 atom stereocenters. The molecule has 0 amide bonds. The topological polar surface area (TPSA) is 38.1 Å². The van der Waals surface area contributed by atoms with Gasteiger partial charge in [0.1, 0.15) is 5.82 Å². The summed E-state index contributed by atoms with van der Waals surface area (Å²) in [6.45, 7) is 11.8. The van der Waals surface area contributed by atoms with Crippen LogP contribution in [0.25, 0.3) is 32.8 Å². The van der Waals surface area contributed by atoms with Gasteiger partial charge in [0, 0.05) is 25.0 Å². The standard InChI is InChI=1S/C30H35N3O/c1-20(2)29-31-28-15-14-24(26-13-7-11-23-10-5-6-12-25(23)26)17-27(28)30(34)33(29)19-22-9-8-16-32(18-22)21(3)4/h5-7,10-15,17,20-22H,8-9,16,18-19H2,1-4H3/t22-/m0/s1. The monoisotopic (exact) mass is 453 g/mol. The van der Waals surface area contributed by atoms with Crippen LogP contribution in [0, 0.1) is 5.92 Å². The smallest absolute Gasteiger partial charge is 0.261 e. The van der Waals surface area contributed by atoms with Gasteiger partial charge in [-0.25, -0.2) is 4.98 Å². The van der Waals surface area contributed by atoms with Gasteiger partial charge >= 0.3 is 0 Å². The Bertz CT molecular complexity index is 1380. The molecule has 0 aliphatic carbocycles. The highest BCUT2D eigenvalue weighted by Gasteiger charge is 2.24. The van der Waals surface area contributed by atoms with E-state index in [2.05, 4.69) is 81.1 Å². The van der Waals surface area contributed by atoms with Gasteiger partial charge in [-0.05, 0) is 73.2 Å². The molecule has 0 unspecified atom stereocenters. The molecule has 0 saturated carbocycles. The lowest BCUT2D eigenvalue weighted by Gasteiger charge is -2.36. The molecule has 0 radical (unpaired) electrons.